The third kappa shape index (κ3) is 1.92. The fraction of sp³-hybridized carbons (Fsp3) is 0.0909. The molecule has 0 aliphatic heterocycles. The average Bonchev–Trinajstić information content (AvgIpc) is 2.58. The normalized spacial score (nSPS) is 11.2. The molecular weight excluding hydrogens is 264 g/mol. The van der Waals surface area contributed by atoms with Gasteiger partial charge in [-0.3, -0.25) is 0 Å². The molecular formula is C22H18. The Bertz CT molecular complexity index is 979. The molecule has 0 saturated heterocycles. The highest BCUT2D eigenvalue weighted by atomic mass is 14.1. The van der Waals surface area contributed by atoms with Crippen LogP contribution in [0.15, 0.2) is 72.8 Å². The van der Waals surface area contributed by atoms with Gasteiger partial charge in [-0.05, 0) is 57.6 Å². The molecule has 0 heteroatoms. The monoisotopic (exact) mass is 282 g/mol. The largest absolute Gasteiger partial charge is 0.0622 e. The van der Waals surface area contributed by atoms with Crippen LogP contribution in [0.3, 0.4) is 0 Å². The molecule has 4 rings (SSSR count). The minimum absolute atomic E-state index is 1.29. The van der Waals surface area contributed by atoms with Gasteiger partial charge < -0.3 is 0 Å². The van der Waals surface area contributed by atoms with Crippen molar-refractivity contribution >= 4 is 21.5 Å². The maximum Gasteiger partial charge on any atom is -0.00673 e. The SMILES string of the molecule is Cc1cc(-c2ccccc2)c(C)c2c1ccc1ccccc12. The number of aryl methyl sites for hydroxylation is 2. The van der Waals surface area contributed by atoms with Crippen molar-refractivity contribution in [1.82, 2.24) is 0 Å². The van der Waals surface area contributed by atoms with Crippen LogP contribution in [0.5, 0.6) is 0 Å². The molecule has 0 fully saturated rings. The fourth-order valence-electron chi connectivity index (χ4n) is 3.46. The summed E-state index contributed by atoms with van der Waals surface area (Å²) in [6.07, 6.45) is 0. The maximum absolute atomic E-state index is 2.32. The molecule has 0 N–H and O–H groups in total. The molecule has 0 atom stereocenters. The first-order valence-electron chi connectivity index (χ1n) is 7.73. The van der Waals surface area contributed by atoms with Crippen molar-refractivity contribution in [2.45, 2.75) is 13.8 Å². The molecule has 0 saturated carbocycles. The van der Waals surface area contributed by atoms with Gasteiger partial charge in [0, 0.05) is 0 Å². The van der Waals surface area contributed by atoms with Crippen molar-refractivity contribution in [3.8, 4) is 11.1 Å². The van der Waals surface area contributed by atoms with E-state index in [-0.39, 0.29) is 0 Å². The molecule has 0 aromatic heterocycles. The van der Waals surface area contributed by atoms with Crippen LogP contribution in [-0.2, 0) is 0 Å². The van der Waals surface area contributed by atoms with E-state index >= 15 is 0 Å². The van der Waals surface area contributed by atoms with E-state index in [9.17, 15) is 0 Å². The molecule has 0 radical (unpaired) electrons. The van der Waals surface area contributed by atoms with Gasteiger partial charge in [-0.25, -0.2) is 0 Å². The summed E-state index contributed by atoms with van der Waals surface area (Å²) in [5, 5.41) is 5.40. The lowest BCUT2D eigenvalue weighted by molar-refractivity contribution is 1.46. The number of fused-ring (bicyclic) bond motifs is 3. The predicted octanol–water partition coefficient (Wildman–Crippen LogP) is 6.28. The topological polar surface area (TPSA) is 0 Å². The zero-order valence-electron chi connectivity index (χ0n) is 12.9. The van der Waals surface area contributed by atoms with E-state index in [4.69, 9.17) is 0 Å². The van der Waals surface area contributed by atoms with Crippen molar-refractivity contribution in [3.63, 3.8) is 0 Å². The predicted molar refractivity (Wildman–Crippen MR) is 96.4 cm³/mol. The Morgan fingerprint density at radius 1 is 0.636 bits per heavy atom. The van der Waals surface area contributed by atoms with Gasteiger partial charge in [0.1, 0.15) is 0 Å². The van der Waals surface area contributed by atoms with Crippen LogP contribution in [0, 0.1) is 13.8 Å². The first-order chi connectivity index (χ1) is 10.8. The van der Waals surface area contributed by atoms with Crippen LogP contribution in [0.4, 0.5) is 0 Å². The Labute approximate surface area is 131 Å². The first-order valence-corrected chi connectivity index (χ1v) is 7.73. The highest BCUT2D eigenvalue weighted by Crippen LogP contribution is 2.36. The van der Waals surface area contributed by atoms with Crippen molar-refractivity contribution in [1.29, 1.82) is 0 Å². The van der Waals surface area contributed by atoms with Crippen LogP contribution >= 0.6 is 0 Å². The van der Waals surface area contributed by atoms with Crippen LogP contribution in [0.2, 0.25) is 0 Å². The summed E-state index contributed by atoms with van der Waals surface area (Å²) in [5.74, 6) is 0. The molecule has 0 spiro atoms. The molecule has 4 aromatic carbocycles. The van der Waals surface area contributed by atoms with Crippen LogP contribution in [0.25, 0.3) is 32.7 Å². The summed E-state index contributed by atoms with van der Waals surface area (Å²) in [6, 6.07) is 26.2. The lowest BCUT2D eigenvalue weighted by Gasteiger charge is -2.15. The van der Waals surface area contributed by atoms with Crippen molar-refractivity contribution in [3.05, 3.63) is 83.9 Å². The standard InChI is InChI=1S/C22H18/c1-15-14-21(17-8-4-3-5-9-17)16(2)22-19(15)13-12-18-10-6-7-11-20(18)22/h3-14H,1-2H3. The first kappa shape index (κ1) is 13.1. The van der Waals surface area contributed by atoms with Crippen molar-refractivity contribution < 1.29 is 0 Å². The Balaban J connectivity index is 2.18. The molecule has 22 heavy (non-hydrogen) atoms. The zero-order chi connectivity index (χ0) is 15.1. The number of hydrogen-bond acceptors (Lipinski definition) is 0. The fourth-order valence-corrected chi connectivity index (χ4v) is 3.46. The van der Waals surface area contributed by atoms with Gasteiger partial charge in [-0.2, -0.15) is 0 Å². The Morgan fingerprint density at radius 2 is 1.36 bits per heavy atom. The van der Waals surface area contributed by atoms with Crippen LogP contribution in [0.1, 0.15) is 11.1 Å². The molecule has 0 amide bonds. The summed E-state index contributed by atoms with van der Waals surface area (Å²) in [5.41, 5.74) is 5.33. The third-order valence-electron chi connectivity index (χ3n) is 4.58. The van der Waals surface area contributed by atoms with Gasteiger partial charge >= 0.3 is 0 Å². The Morgan fingerprint density at radius 3 is 2.18 bits per heavy atom. The van der Waals surface area contributed by atoms with Gasteiger partial charge in [0.15, 0.2) is 0 Å². The minimum Gasteiger partial charge on any atom is -0.0622 e. The molecule has 0 heterocycles. The van der Waals surface area contributed by atoms with E-state index in [1.54, 1.807) is 0 Å². The summed E-state index contributed by atoms with van der Waals surface area (Å²) in [7, 11) is 0. The maximum atomic E-state index is 2.32. The molecule has 106 valence electrons. The van der Waals surface area contributed by atoms with Crippen LogP contribution in [-0.4, -0.2) is 0 Å². The van der Waals surface area contributed by atoms with Crippen molar-refractivity contribution in [2.24, 2.45) is 0 Å². The second-order valence-electron chi connectivity index (χ2n) is 5.94. The zero-order valence-corrected chi connectivity index (χ0v) is 12.9. The van der Waals surface area contributed by atoms with E-state index in [1.807, 2.05) is 0 Å². The van der Waals surface area contributed by atoms with Gasteiger partial charge in [0.25, 0.3) is 0 Å². The molecule has 0 nitrogen and oxygen atoms in total. The van der Waals surface area contributed by atoms with Gasteiger partial charge in [-0.15, -0.1) is 0 Å². The van der Waals surface area contributed by atoms with E-state index in [0.29, 0.717) is 0 Å². The summed E-state index contributed by atoms with van der Waals surface area (Å²) in [4.78, 5) is 0. The minimum atomic E-state index is 1.29. The number of benzene rings is 4. The highest BCUT2D eigenvalue weighted by Gasteiger charge is 2.11. The van der Waals surface area contributed by atoms with E-state index in [0.717, 1.165) is 0 Å². The Hall–Kier alpha value is -2.60. The van der Waals surface area contributed by atoms with Crippen LogP contribution < -0.4 is 0 Å². The Kier molecular flexibility index (Phi) is 2.97. The summed E-state index contributed by atoms with van der Waals surface area (Å²) in [6.45, 7) is 4.46. The van der Waals surface area contributed by atoms with Crippen molar-refractivity contribution in [2.75, 3.05) is 0 Å². The van der Waals surface area contributed by atoms with Gasteiger partial charge in [-0.1, -0.05) is 72.8 Å². The third-order valence-corrected chi connectivity index (χ3v) is 4.58. The number of rotatable bonds is 1. The van der Waals surface area contributed by atoms with Gasteiger partial charge in [0.05, 0.1) is 0 Å². The molecule has 0 aliphatic rings. The average molecular weight is 282 g/mol. The van der Waals surface area contributed by atoms with E-state index < -0.39 is 0 Å². The summed E-state index contributed by atoms with van der Waals surface area (Å²) >= 11 is 0. The molecule has 0 aliphatic carbocycles. The second-order valence-corrected chi connectivity index (χ2v) is 5.94. The van der Waals surface area contributed by atoms with E-state index in [2.05, 4.69) is 86.6 Å². The van der Waals surface area contributed by atoms with Gasteiger partial charge in [0.2, 0.25) is 0 Å². The smallest absolute Gasteiger partial charge is 0.00673 e. The number of hydrogen-bond donors (Lipinski definition) is 0. The molecule has 0 unspecified atom stereocenters. The summed E-state index contributed by atoms with van der Waals surface area (Å²) < 4.78 is 0. The highest BCUT2D eigenvalue weighted by molar-refractivity contribution is 6.11. The lowest BCUT2D eigenvalue weighted by Crippen LogP contribution is -1.90. The quantitative estimate of drug-likeness (QED) is 0.360. The second kappa shape index (κ2) is 4.99. The molecule has 4 aromatic rings. The lowest BCUT2D eigenvalue weighted by atomic mass is 9.89. The molecule has 0 bridgehead atoms. The van der Waals surface area contributed by atoms with E-state index in [1.165, 1.54) is 43.8 Å².